The number of para-hydroxylation sites is 2. The summed E-state index contributed by atoms with van der Waals surface area (Å²) in [5.74, 6) is 0.330. The summed E-state index contributed by atoms with van der Waals surface area (Å²) in [5, 5.41) is 9.89. The molecule has 4 rings (SSSR count). The molecule has 3 aromatic carbocycles. The molecule has 5 heteroatoms. The maximum Gasteiger partial charge on any atom is 0.413 e. The number of aromatic nitrogens is 2. The van der Waals surface area contributed by atoms with Gasteiger partial charge in [-0.3, -0.25) is 4.90 Å². The van der Waals surface area contributed by atoms with E-state index < -0.39 is 6.09 Å². The van der Waals surface area contributed by atoms with Crippen molar-refractivity contribution in [3.05, 3.63) is 90.5 Å². The molecule has 0 saturated heterocycles. The van der Waals surface area contributed by atoms with E-state index in [0.29, 0.717) is 17.0 Å². The molecule has 1 heterocycles. The zero-order valence-corrected chi connectivity index (χ0v) is 14.5. The molecule has 132 valence electrons. The topological polar surface area (TPSA) is 66.3 Å². The number of hydrogen-bond acceptors (Lipinski definition) is 3. The first-order valence-corrected chi connectivity index (χ1v) is 8.59. The number of fused-ring (bicyclic) bond motifs is 1. The number of carbonyl (C=O) groups is 1. The molecule has 0 fully saturated rings. The summed E-state index contributed by atoms with van der Waals surface area (Å²) in [6, 6.07) is 26.5. The second-order valence-corrected chi connectivity index (χ2v) is 6.10. The van der Waals surface area contributed by atoms with E-state index in [1.54, 1.807) is 0 Å². The molecule has 0 aliphatic rings. The number of nitrogens with zero attached hydrogens (tertiary/aromatic N) is 3. The molecule has 5 nitrogen and oxygen atoms in total. The monoisotopic (exact) mass is 355 g/mol. The van der Waals surface area contributed by atoms with Crippen molar-refractivity contribution >= 4 is 22.9 Å². The van der Waals surface area contributed by atoms with Gasteiger partial charge >= 0.3 is 6.09 Å². The first-order valence-electron chi connectivity index (χ1n) is 8.59. The van der Waals surface area contributed by atoms with Crippen LogP contribution in [-0.4, -0.2) is 21.2 Å². The van der Waals surface area contributed by atoms with Crippen LogP contribution in [0.5, 0.6) is 0 Å². The van der Waals surface area contributed by atoms with Crippen LogP contribution in [0, 0.1) is 0 Å². The minimum Gasteiger partial charge on any atom is -0.465 e. The largest absolute Gasteiger partial charge is 0.465 e. The molecule has 0 atom stereocenters. The summed E-state index contributed by atoms with van der Waals surface area (Å²) in [5.41, 5.74) is 3.64. The average molecular weight is 355 g/mol. The number of amides is 1. The van der Waals surface area contributed by atoms with Crippen molar-refractivity contribution < 1.29 is 9.90 Å². The van der Waals surface area contributed by atoms with Crippen LogP contribution in [-0.2, 0) is 6.54 Å². The fourth-order valence-electron chi connectivity index (χ4n) is 2.97. The third-order valence-corrected chi connectivity index (χ3v) is 4.27. The Morgan fingerprint density at radius 3 is 1.96 bits per heavy atom. The summed E-state index contributed by atoms with van der Waals surface area (Å²) in [6.07, 6.45) is -1.07. The standard InChI is InChI=1S/C22H17N3O2/c26-22(27)25(15-16-9-3-1-4-10-16)21-20(17-11-5-2-6-12-17)23-18-13-7-8-14-19(18)24-21/h1-14H,15H2,(H,26,27). The van der Waals surface area contributed by atoms with Gasteiger partial charge < -0.3 is 5.11 Å². The Bertz CT molecular complexity index is 1080. The highest BCUT2D eigenvalue weighted by molar-refractivity contribution is 5.92. The van der Waals surface area contributed by atoms with E-state index in [0.717, 1.165) is 16.6 Å². The molecule has 0 bridgehead atoms. The van der Waals surface area contributed by atoms with Crippen LogP contribution in [0.4, 0.5) is 10.6 Å². The molecular formula is C22H17N3O2. The SMILES string of the molecule is O=C(O)N(Cc1ccccc1)c1nc2ccccc2nc1-c1ccccc1. The van der Waals surface area contributed by atoms with Crippen LogP contribution >= 0.6 is 0 Å². The summed E-state index contributed by atoms with van der Waals surface area (Å²) in [7, 11) is 0. The lowest BCUT2D eigenvalue weighted by atomic mass is 10.1. The van der Waals surface area contributed by atoms with Crippen LogP contribution in [0.1, 0.15) is 5.56 Å². The van der Waals surface area contributed by atoms with Crippen molar-refractivity contribution in [2.24, 2.45) is 0 Å². The first-order chi connectivity index (χ1) is 13.2. The van der Waals surface area contributed by atoms with Gasteiger partial charge in [-0.25, -0.2) is 14.8 Å². The highest BCUT2D eigenvalue weighted by Crippen LogP contribution is 2.30. The van der Waals surface area contributed by atoms with Crippen LogP contribution in [0.3, 0.4) is 0 Å². The van der Waals surface area contributed by atoms with Gasteiger partial charge in [-0.1, -0.05) is 72.8 Å². The van der Waals surface area contributed by atoms with Gasteiger partial charge in [0.05, 0.1) is 17.6 Å². The van der Waals surface area contributed by atoms with Crippen LogP contribution in [0.25, 0.3) is 22.3 Å². The fourth-order valence-corrected chi connectivity index (χ4v) is 2.97. The highest BCUT2D eigenvalue weighted by Gasteiger charge is 2.22. The molecule has 1 amide bonds. The maximum absolute atomic E-state index is 12.1. The van der Waals surface area contributed by atoms with Crippen LogP contribution in [0.15, 0.2) is 84.9 Å². The molecule has 0 unspecified atom stereocenters. The van der Waals surface area contributed by atoms with Gasteiger partial charge in [0.2, 0.25) is 0 Å². The fraction of sp³-hybridized carbons (Fsp3) is 0.0455. The van der Waals surface area contributed by atoms with Gasteiger partial charge in [0.15, 0.2) is 5.82 Å². The molecule has 0 saturated carbocycles. The zero-order chi connectivity index (χ0) is 18.6. The predicted molar refractivity (Wildman–Crippen MR) is 106 cm³/mol. The predicted octanol–water partition coefficient (Wildman–Crippen LogP) is 4.98. The summed E-state index contributed by atoms with van der Waals surface area (Å²) in [6.45, 7) is 0.197. The number of carboxylic acid groups (broad SMARTS) is 1. The number of hydrogen-bond donors (Lipinski definition) is 1. The van der Waals surface area contributed by atoms with Crippen molar-refractivity contribution in [2.75, 3.05) is 4.90 Å². The molecule has 4 aromatic rings. The lowest BCUT2D eigenvalue weighted by molar-refractivity contribution is 0.201. The molecule has 0 aliphatic carbocycles. The van der Waals surface area contributed by atoms with Gasteiger partial charge in [-0.15, -0.1) is 0 Å². The molecule has 0 radical (unpaired) electrons. The Kier molecular flexibility index (Phi) is 4.49. The quantitative estimate of drug-likeness (QED) is 0.560. The second kappa shape index (κ2) is 7.25. The normalized spacial score (nSPS) is 10.7. The average Bonchev–Trinajstić information content (AvgIpc) is 2.72. The Labute approximate surface area is 156 Å². The molecule has 27 heavy (non-hydrogen) atoms. The van der Waals surface area contributed by atoms with E-state index in [1.165, 1.54) is 4.90 Å². The minimum atomic E-state index is -1.07. The van der Waals surface area contributed by atoms with Gasteiger partial charge in [0, 0.05) is 5.56 Å². The molecule has 1 aromatic heterocycles. The highest BCUT2D eigenvalue weighted by atomic mass is 16.4. The van der Waals surface area contributed by atoms with E-state index in [2.05, 4.69) is 4.98 Å². The molecular weight excluding hydrogens is 338 g/mol. The molecule has 0 aliphatic heterocycles. The van der Waals surface area contributed by atoms with Crippen molar-refractivity contribution in [2.45, 2.75) is 6.54 Å². The van der Waals surface area contributed by atoms with E-state index in [1.807, 2.05) is 84.9 Å². The Balaban J connectivity index is 1.90. The molecule has 1 N–H and O–H groups in total. The minimum absolute atomic E-state index is 0.197. The van der Waals surface area contributed by atoms with Crippen molar-refractivity contribution in [1.29, 1.82) is 0 Å². The van der Waals surface area contributed by atoms with Gasteiger partial charge in [0.1, 0.15) is 5.69 Å². The van der Waals surface area contributed by atoms with Gasteiger partial charge in [0.25, 0.3) is 0 Å². The van der Waals surface area contributed by atoms with Gasteiger partial charge in [-0.2, -0.15) is 0 Å². The Morgan fingerprint density at radius 1 is 0.778 bits per heavy atom. The van der Waals surface area contributed by atoms with Gasteiger partial charge in [-0.05, 0) is 17.7 Å². The van der Waals surface area contributed by atoms with Crippen molar-refractivity contribution in [3.63, 3.8) is 0 Å². The zero-order valence-electron chi connectivity index (χ0n) is 14.5. The summed E-state index contributed by atoms with van der Waals surface area (Å²) >= 11 is 0. The van der Waals surface area contributed by atoms with Crippen molar-refractivity contribution in [3.8, 4) is 11.3 Å². The van der Waals surface area contributed by atoms with E-state index in [4.69, 9.17) is 4.98 Å². The Morgan fingerprint density at radius 2 is 1.33 bits per heavy atom. The Hall–Kier alpha value is -3.73. The lowest BCUT2D eigenvalue weighted by Gasteiger charge is -2.21. The van der Waals surface area contributed by atoms with Crippen LogP contribution < -0.4 is 4.90 Å². The third-order valence-electron chi connectivity index (χ3n) is 4.27. The second-order valence-electron chi connectivity index (χ2n) is 6.10. The summed E-state index contributed by atoms with van der Waals surface area (Å²) in [4.78, 5) is 22.7. The number of benzene rings is 3. The van der Waals surface area contributed by atoms with E-state index in [-0.39, 0.29) is 6.54 Å². The van der Waals surface area contributed by atoms with E-state index >= 15 is 0 Å². The molecule has 0 spiro atoms. The summed E-state index contributed by atoms with van der Waals surface area (Å²) < 4.78 is 0. The van der Waals surface area contributed by atoms with Crippen LogP contribution in [0.2, 0.25) is 0 Å². The van der Waals surface area contributed by atoms with Crippen molar-refractivity contribution in [1.82, 2.24) is 9.97 Å². The van der Waals surface area contributed by atoms with E-state index in [9.17, 15) is 9.90 Å². The number of rotatable bonds is 4. The smallest absolute Gasteiger partial charge is 0.413 e. The number of anilines is 1. The third kappa shape index (κ3) is 3.48. The lowest BCUT2D eigenvalue weighted by Crippen LogP contribution is -2.30. The first kappa shape index (κ1) is 16.7. The maximum atomic E-state index is 12.1.